The van der Waals surface area contributed by atoms with E-state index in [0.29, 0.717) is 4.88 Å². The number of hydrogen-bond donors (Lipinski definition) is 0. The zero-order valence-corrected chi connectivity index (χ0v) is 11.3. The van der Waals surface area contributed by atoms with Crippen molar-refractivity contribution in [3.63, 3.8) is 0 Å². The lowest BCUT2D eigenvalue weighted by Crippen LogP contribution is -1.99. The Bertz CT molecular complexity index is 767. The molecular weight excluding hydrogens is 246 g/mol. The van der Waals surface area contributed by atoms with Gasteiger partial charge < -0.3 is 9.30 Å². The van der Waals surface area contributed by atoms with Crippen LogP contribution in [0.15, 0.2) is 24.3 Å². The van der Waals surface area contributed by atoms with Gasteiger partial charge in [-0.2, -0.15) is 0 Å². The van der Waals surface area contributed by atoms with Gasteiger partial charge in [0.05, 0.1) is 7.11 Å². The van der Waals surface area contributed by atoms with Crippen molar-refractivity contribution in [1.82, 2.24) is 4.57 Å². The van der Waals surface area contributed by atoms with Crippen LogP contribution < -0.4 is 0 Å². The van der Waals surface area contributed by atoms with Crippen LogP contribution in [0.1, 0.15) is 15.2 Å². The van der Waals surface area contributed by atoms with Gasteiger partial charge in [-0.1, -0.05) is 18.2 Å². The zero-order chi connectivity index (χ0) is 12.9. The molecule has 0 aliphatic rings. The maximum Gasteiger partial charge on any atom is 0.348 e. The first kappa shape index (κ1) is 11.3. The summed E-state index contributed by atoms with van der Waals surface area (Å²) in [5.41, 5.74) is 2.21. The predicted molar refractivity (Wildman–Crippen MR) is 74.4 cm³/mol. The molecule has 0 aliphatic heterocycles. The molecule has 3 rings (SSSR count). The van der Waals surface area contributed by atoms with Crippen LogP contribution in [-0.2, 0) is 11.8 Å². The van der Waals surface area contributed by atoms with Crippen molar-refractivity contribution in [2.75, 3.05) is 7.11 Å². The van der Waals surface area contributed by atoms with Crippen molar-refractivity contribution in [1.29, 1.82) is 0 Å². The largest absolute Gasteiger partial charge is 0.465 e. The fourth-order valence-corrected chi connectivity index (χ4v) is 3.64. The van der Waals surface area contributed by atoms with E-state index in [4.69, 9.17) is 4.74 Å². The lowest BCUT2D eigenvalue weighted by molar-refractivity contribution is 0.0605. The molecule has 0 aliphatic carbocycles. The number of aromatic nitrogens is 1. The quantitative estimate of drug-likeness (QED) is 0.626. The zero-order valence-electron chi connectivity index (χ0n) is 10.5. The molecule has 0 bridgehead atoms. The molecule has 0 radical (unpaired) electrons. The smallest absolute Gasteiger partial charge is 0.348 e. The first-order chi connectivity index (χ1) is 8.65. The Morgan fingerprint density at radius 3 is 2.78 bits per heavy atom. The second kappa shape index (κ2) is 3.85. The summed E-state index contributed by atoms with van der Waals surface area (Å²) in [4.78, 5) is 13.5. The summed E-state index contributed by atoms with van der Waals surface area (Å²) in [5.74, 6) is -0.252. The molecule has 0 saturated carbocycles. The molecule has 2 aromatic heterocycles. The molecule has 0 amide bonds. The number of ether oxygens (including phenoxy) is 1. The van der Waals surface area contributed by atoms with Crippen LogP contribution in [-0.4, -0.2) is 17.6 Å². The van der Waals surface area contributed by atoms with E-state index in [0.717, 1.165) is 10.4 Å². The second-order valence-corrected chi connectivity index (χ2v) is 5.30. The number of hydrogen-bond acceptors (Lipinski definition) is 3. The van der Waals surface area contributed by atoms with Gasteiger partial charge in [-0.05, 0) is 18.6 Å². The first-order valence-corrected chi connectivity index (χ1v) is 6.51. The fourth-order valence-electron chi connectivity index (χ4n) is 2.43. The Balaban J connectivity index is 2.46. The Labute approximate surface area is 109 Å². The summed E-state index contributed by atoms with van der Waals surface area (Å²) >= 11 is 1.50. The molecule has 92 valence electrons. The van der Waals surface area contributed by atoms with Crippen molar-refractivity contribution in [3.8, 4) is 0 Å². The molecule has 0 unspecified atom stereocenters. The standard InChI is InChI=1S/C14H13NO2S/c1-8-11-9-6-4-5-7-10(9)15(2)13(11)18-12(8)14(16)17-3/h4-7H,1-3H3. The summed E-state index contributed by atoms with van der Waals surface area (Å²) in [6, 6.07) is 8.25. The van der Waals surface area contributed by atoms with E-state index in [1.54, 1.807) is 0 Å². The topological polar surface area (TPSA) is 31.2 Å². The Kier molecular flexibility index (Phi) is 2.41. The molecule has 3 aromatic rings. The van der Waals surface area contributed by atoms with Crippen molar-refractivity contribution < 1.29 is 9.53 Å². The molecule has 0 fully saturated rings. The highest BCUT2D eigenvalue weighted by atomic mass is 32.1. The number of rotatable bonds is 1. The summed E-state index contributed by atoms with van der Waals surface area (Å²) < 4.78 is 6.96. The van der Waals surface area contributed by atoms with Crippen LogP contribution in [0.2, 0.25) is 0 Å². The number of esters is 1. The summed E-state index contributed by atoms with van der Waals surface area (Å²) in [5, 5.41) is 2.36. The molecule has 4 heteroatoms. The summed E-state index contributed by atoms with van der Waals surface area (Å²) in [7, 11) is 3.45. The van der Waals surface area contributed by atoms with Gasteiger partial charge in [-0.3, -0.25) is 0 Å². The van der Waals surface area contributed by atoms with E-state index in [-0.39, 0.29) is 5.97 Å². The average Bonchev–Trinajstić information content (AvgIpc) is 2.87. The molecule has 0 N–H and O–H groups in total. The number of nitrogens with zero attached hydrogens (tertiary/aromatic N) is 1. The highest BCUT2D eigenvalue weighted by Crippen LogP contribution is 2.38. The number of carbonyl (C=O) groups is 1. The van der Waals surface area contributed by atoms with Gasteiger partial charge in [-0.15, -0.1) is 11.3 Å². The first-order valence-electron chi connectivity index (χ1n) is 5.70. The fraction of sp³-hybridized carbons (Fsp3) is 0.214. The van der Waals surface area contributed by atoms with Crippen LogP contribution in [0, 0.1) is 6.92 Å². The Hall–Kier alpha value is -1.81. The third kappa shape index (κ3) is 1.32. The van der Waals surface area contributed by atoms with Crippen LogP contribution in [0.4, 0.5) is 0 Å². The minimum Gasteiger partial charge on any atom is -0.465 e. The minimum atomic E-state index is -0.252. The third-order valence-electron chi connectivity index (χ3n) is 3.34. The molecule has 0 atom stereocenters. The van der Waals surface area contributed by atoms with Gasteiger partial charge >= 0.3 is 5.97 Å². The van der Waals surface area contributed by atoms with Crippen LogP contribution in [0.3, 0.4) is 0 Å². The van der Waals surface area contributed by atoms with Crippen LogP contribution in [0.25, 0.3) is 21.1 Å². The van der Waals surface area contributed by atoms with Crippen molar-refractivity contribution in [3.05, 3.63) is 34.7 Å². The number of carbonyl (C=O) groups excluding carboxylic acids is 1. The molecule has 0 spiro atoms. The third-order valence-corrected chi connectivity index (χ3v) is 4.69. The highest BCUT2D eigenvalue weighted by Gasteiger charge is 2.20. The highest BCUT2D eigenvalue weighted by molar-refractivity contribution is 7.21. The molecule has 2 heterocycles. The lowest BCUT2D eigenvalue weighted by Gasteiger charge is -1.98. The number of benzene rings is 1. The van der Waals surface area contributed by atoms with E-state index in [9.17, 15) is 4.79 Å². The van der Waals surface area contributed by atoms with Gasteiger partial charge in [0.25, 0.3) is 0 Å². The van der Waals surface area contributed by atoms with Crippen molar-refractivity contribution >= 4 is 38.4 Å². The van der Waals surface area contributed by atoms with Crippen molar-refractivity contribution in [2.45, 2.75) is 6.92 Å². The van der Waals surface area contributed by atoms with E-state index in [1.165, 1.54) is 34.7 Å². The second-order valence-electron chi connectivity index (χ2n) is 4.30. The molecular formula is C14H13NO2S. The van der Waals surface area contributed by atoms with Gasteiger partial charge in [0.15, 0.2) is 0 Å². The van der Waals surface area contributed by atoms with Crippen LogP contribution >= 0.6 is 11.3 Å². The van der Waals surface area contributed by atoms with Gasteiger partial charge in [0, 0.05) is 23.3 Å². The summed E-state index contributed by atoms with van der Waals surface area (Å²) in [6.07, 6.45) is 0. The Morgan fingerprint density at radius 2 is 2.06 bits per heavy atom. The minimum absolute atomic E-state index is 0.252. The van der Waals surface area contributed by atoms with E-state index in [1.807, 2.05) is 26.1 Å². The normalized spacial score (nSPS) is 11.3. The van der Waals surface area contributed by atoms with Gasteiger partial charge in [0.2, 0.25) is 0 Å². The predicted octanol–water partition coefficient (Wildman–Crippen LogP) is 3.49. The summed E-state index contributed by atoms with van der Waals surface area (Å²) in [6.45, 7) is 1.98. The number of fused-ring (bicyclic) bond motifs is 3. The van der Waals surface area contributed by atoms with Gasteiger partial charge in [-0.25, -0.2) is 4.79 Å². The van der Waals surface area contributed by atoms with Crippen molar-refractivity contribution in [2.24, 2.45) is 7.05 Å². The number of para-hydroxylation sites is 1. The molecule has 0 saturated heterocycles. The number of aryl methyl sites for hydroxylation is 2. The maximum absolute atomic E-state index is 11.7. The van der Waals surface area contributed by atoms with E-state index in [2.05, 4.69) is 16.7 Å². The molecule has 18 heavy (non-hydrogen) atoms. The van der Waals surface area contributed by atoms with Gasteiger partial charge in [0.1, 0.15) is 9.71 Å². The van der Waals surface area contributed by atoms with Crippen LogP contribution in [0.5, 0.6) is 0 Å². The molecule has 1 aromatic carbocycles. The SMILES string of the molecule is COC(=O)c1sc2c(c1C)c1ccccc1n2C. The van der Waals surface area contributed by atoms with E-state index >= 15 is 0 Å². The maximum atomic E-state index is 11.7. The van der Waals surface area contributed by atoms with E-state index < -0.39 is 0 Å². The monoisotopic (exact) mass is 259 g/mol. The number of methoxy groups -OCH3 is 1. The molecule has 3 nitrogen and oxygen atoms in total. The number of thiophene rings is 1. The average molecular weight is 259 g/mol. The Morgan fingerprint density at radius 1 is 1.33 bits per heavy atom. The lowest BCUT2D eigenvalue weighted by atomic mass is 10.1.